The molecule has 1 rings (SSSR count). The van der Waals surface area contributed by atoms with Crippen LogP contribution in [0.4, 0.5) is 0 Å². The first-order chi connectivity index (χ1) is 6.72. The van der Waals surface area contributed by atoms with Crippen molar-refractivity contribution in [2.75, 3.05) is 27.2 Å². The van der Waals surface area contributed by atoms with E-state index in [1.807, 2.05) is 0 Å². The molecule has 1 aromatic rings. The van der Waals surface area contributed by atoms with Crippen LogP contribution < -0.4 is 5.32 Å². The monoisotopic (exact) mass is 195 g/mol. The van der Waals surface area contributed by atoms with Gasteiger partial charge in [0.05, 0.1) is 0 Å². The Balaban J connectivity index is 2.18. The van der Waals surface area contributed by atoms with E-state index < -0.39 is 0 Å². The van der Waals surface area contributed by atoms with Gasteiger partial charge in [-0.3, -0.25) is 0 Å². The molecule has 0 aliphatic carbocycles. The molecule has 0 aliphatic rings. The Kier molecular flexibility index (Phi) is 4.70. The number of likely N-dealkylation sites (N-methyl/N-ethyl adjacent to an activating group) is 1. The third-order valence-corrected chi connectivity index (χ3v) is 2.24. The Bertz CT molecular complexity index is 253. The van der Waals surface area contributed by atoms with E-state index in [9.17, 15) is 0 Å². The SMILES string of the molecule is CCn1ccc(CNCCN(C)C)c1. The van der Waals surface area contributed by atoms with E-state index >= 15 is 0 Å². The highest BCUT2D eigenvalue weighted by atomic mass is 15.1. The van der Waals surface area contributed by atoms with Gasteiger partial charge in [0.1, 0.15) is 0 Å². The summed E-state index contributed by atoms with van der Waals surface area (Å²) in [5.74, 6) is 0. The quantitative estimate of drug-likeness (QED) is 0.687. The molecule has 0 amide bonds. The second-order valence-electron chi connectivity index (χ2n) is 3.83. The summed E-state index contributed by atoms with van der Waals surface area (Å²) in [5, 5.41) is 3.42. The molecular weight excluding hydrogens is 174 g/mol. The molecule has 0 saturated heterocycles. The number of aromatic nitrogens is 1. The zero-order valence-corrected chi connectivity index (χ0v) is 9.45. The Labute approximate surface area is 86.7 Å². The highest BCUT2D eigenvalue weighted by molar-refractivity contribution is 5.09. The zero-order valence-electron chi connectivity index (χ0n) is 9.45. The van der Waals surface area contributed by atoms with Gasteiger partial charge in [0.15, 0.2) is 0 Å². The number of aryl methyl sites for hydroxylation is 1. The minimum absolute atomic E-state index is 0.973. The van der Waals surface area contributed by atoms with Gasteiger partial charge in [-0.25, -0.2) is 0 Å². The van der Waals surface area contributed by atoms with E-state index in [0.717, 1.165) is 26.2 Å². The van der Waals surface area contributed by atoms with Crippen molar-refractivity contribution in [1.29, 1.82) is 0 Å². The highest BCUT2D eigenvalue weighted by Crippen LogP contribution is 2.00. The maximum absolute atomic E-state index is 3.42. The molecule has 0 aromatic carbocycles. The summed E-state index contributed by atoms with van der Waals surface area (Å²) >= 11 is 0. The lowest BCUT2D eigenvalue weighted by Crippen LogP contribution is -2.26. The van der Waals surface area contributed by atoms with Crippen LogP contribution in [0.2, 0.25) is 0 Å². The summed E-state index contributed by atoms with van der Waals surface area (Å²) in [6, 6.07) is 2.17. The molecule has 3 heteroatoms. The van der Waals surface area contributed by atoms with E-state index in [0.29, 0.717) is 0 Å². The molecule has 0 atom stereocenters. The van der Waals surface area contributed by atoms with E-state index in [2.05, 4.69) is 54.3 Å². The molecule has 1 heterocycles. The van der Waals surface area contributed by atoms with Crippen LogP contribution in [0.5, 0.6) is 0 Å². The van der Waals surface area contributed by atoms with Crippen LogP contribution in [-0.2, 0) is 13.1 Å². The molecule has 0 radical (unpaired) electrons. The van der Waals surface area contributed by atoms with Gasteiger partial charge in [-0.2, -0.15) is 0 Å². The topological polar surface area (TPSA) is 20.2 Å². The number of hydrogen-bond donors (Lipinski definition) is 1. The maximum Gasteiger partial charge on any atom is 0.0221 e. The summed E-state index contributed by atoms with van der Waals surface area (Å²) in [6.07, 6.45) is 4.33. The van der Waals surface area contributed by atoms with E-state index in [-0.39, 0.29) is 0 Å². The summed E-state index contributed by atoms with van der Waals surface area (Å²) in [7, 11) is 4.18. The number of nitrogens with one attached hydrogen (secondary N) is 1. The van der Waals surface area contributed by atoms with Gasteiger partial charge in [-0.05, 0) is 32.6 Å². The van der Waals surface area contributed by atoms with Gasteiger partial charge in [0.2, 0.25) is 0 Å². The smallest absolute Gasteiger partial charge is 0.0221 e. The predicted octanol–water partition coefficient (Wildman–Crippen LogP) is 1.16. The highest BCUT2D eigenvalue weighted by Gasteiger charge is 1.95. The van der Waals surface area contributed by atoms with Crippen LogP contribution in [0.3, 0.4) is 0 Å². The summed E-state index contributed by atoms with van der Waals surface area (Å²) in [5.41, 5.74) is 1.37. The van der Waals surface area contributed by atoms with Crippen LogP contribution in [0.1, 0.15) is 12.5 Å². The molecular formula is C11H21N3. The lowest BCUT2D eigenvalue weighted by molar-refractivity contribution is 0.400. The van der Waals surface area contributed by atoms with Crippen LogP contribution >= 0.6 is 0 Å². The Morgan fingerprint density at radius 3 is 2.79 bits per heavy atom. The minimum Gasteiger partial charge on any atom is -0.354 e. The van der Waals surface area contributed by atoms with Crippen molar-refractivity contribution >= 4 is 0 Å². The number of rotatable bonds is 6. The van der Waals surface area contributed by atoms with Gasteiger partial charge in [-0.1, -0.05) is 0 Å². The fourth-order valence-electron chi connectivity index (χ4n) is 1.33. The first-order valence-corrected chi connectivity index (χ1v) is 5.22. The predicted molar refractivity (Wildman–Crippen MR) is 60.4 cm³/mol. The largest absolute Gasteiger partial charge is 0.354 e. The maximum atomic E-state index is 3.42. The average Bonchev–Trinajstić information content (AvgIpc) is 2.60. The Hall–Kier alpha value is -0.800. The van der Waals surface area contributed by atoms with Gasteiger partial charge in [0, 0.05) is 38.6 Å². The standard InChI is InChI=1S/C11H21N3/c1-4-14-7-5-11(10-14)9-12-6-8-13(2)3/h5,7,10,12H,4,6,8-9H2,1-3H3. The molecule has 0 fully saturated rings. The normalized spacial score (nSPS) is 11.1. The second-order valence-corrected chi connectivity index (χ2v) is 3.83. The van der Waals surface area contributed by atoms with Gasteiger partial charge >= 0.3 is 0 Å². The molecule has 0 saturated carbocycles. The Morgan fingerprint density at radius 2 is 2.21 bits per heavy atom. The second kappa shape index (κ2) is 5.83. The summed E-state index contributed by atoms with van der Waals surface area (Å²) in [6.45, 7) is 6.32. The van der Waals surface area contributed by atoms with E-state index in [1.165, 1.54) is 5.56 Å². The van der Waals surface area contributed by atoms with Gasteiger partial charge in [-0.15, -0.1) is 0 Å². The molecule has 14 heavy (non-hydrogen) atoms. The summed E-state index contributed by atoms with van der Waals surface area (Å²) in [4.78, 5) is 2.18. The third kappa shape index (κ3) is 3.94. The van der Waals surface area contributed by atoms with Crippen molar-refractivity contribution in [3.8, 4) is 0 Å². The van der Waals surface area contributed by atoms with E-state index in [1.54, 1.807) is 0 Å². The third-order valence-electron chi connectivity index (χ3n) is 2.24. The van der Waals surface area contributed by atoms with Crippen molar-refractivity contribution in [3.05, 3.63) is 24.0 Å². The molecule has 0 aliphatic heterocycles. The van der Waals surface area contributed by atoms with E-state index in [4.69, 9.17) is 0 Å². The lowest BCUT2D eigenvalue weighted by atomic mass is 10.3. The van der Waals surface area contributed by atoms with Gasteiger partial charge in [0.25, 0.3) is 0 Å². The molecule has 0 bridgehead atoms. The molecule has 1 aromatic heterocycles. The zero-order chi connectivity index (χ0) is 10.4. The fourth-order valence-corrected chi connectivity index (χ4v) is 1.33. The number of nitrogens with zero attached hydrogens (tertiary/aromatic N) is 2. The van der Waals surface area contributed by atoms with Crippen LogP contribution in [0, 0.1) is 0 Å². The van der Waals surface area contributed by atoms with Crippen molar-refractivity contribution in [2.24, 2.45) is 0 Å². The minimum atomic E-state index is 0.973. The Morgan fingerprint density at radius 1 is 1.43 bits per heavy atom. The number of hydrogen-bond acceptors (Lipinski definition) is 2. The molecule has 1 N–H and O–H groups in total. The van der Waals surface area contributed by atoms with Gasteiger partial charge < -0.3 is 14.8 Å². The van der Waals surface area contributed by atoms with Crippen molar-refractivity contribution in [2.45, 2.75) is 20.0 Å². The fraction of sp³-hybridized carbons (Fsp3) is 0.636. The first kappa shape index (κ1) is 11.3. The molecule has 0 spiro atoms. The van der Waals surface area contributed by atoms with Crippen molar-refractivity contribution in [3.63, 3.8) is 0 Å². The molecule has 80 valence electrons. The van der Waals surface area contributed by atoms with Crippen LogP contribution in [0.15, 0.2) is 18.5 Å². The lowest BCUT2D eigenvalue weighted by Gasteiger charge is -2.09. The average molecular weight is 195 g/mol. The van der Waals surface area contributed by atoms with Crippen LogP contribution in [0.25, 0.3) is 0 Å². The molecule has 0 unspecified atom stereocenters. The molecule has 3 nitrogen and oxygen atoms in total. The summed E-state index contributed by atoms with van der Waals surface area (Å²) < 4.78 is 2.20. The van der Waals surface area contributed by atoms with Crippen molar-refractivity contribution in [1.82, 2.24) is 14.8 Å². The van der Waals surface area contributed by atoms with Crippen molar-refractivity contribution < 1.29 is 0 Å². The first-order valence-electron chi connectivity index (χ1n) is 5.22. The van der Waals surface area contributed by atoms with Crippen LogP contribution in [-0.4, -0.2) is 36.7 Å².